The Morgan fingerprint density at radius 3 is 2.11 bits per heavy atom. The predicted molar refractivity (Wildman–Crippen MR) is 142 cm³/mol. The lowest BCUT2D eigenvalue weighted by atomic mass is 10.3. The van der Waals surface area contributed by atoms with Crippen molar-refractivity contribution in [1.29, 1.82) is 0 Å². The quantitative estimate of drug-likeness (QED) is 0.354. The summed E-state index contributed by atoms with van der Waals surface area (Å²) < 4.78 is 12.4. The van der Waals surface area contributed by atoms with Gasteiger partial charge in [-0.25, -0.2) is 0 Å². The highest BCUT2D eigenvalue weighted by Gasteiger charge is 2.11. The molecule has 4 aromatic heterocycles. The zero-order valence-corrected chi connectivity index (χ0v) is 20.1. The van der Waals surface area contributed by atoms with Crippen LogP contribution in [0.25, 0.3) is 29.3 Å². The number of benzene rings is 1. The van der Waals surface area contributed by atoms with Crippen molar-refractivity contribution < 1.29 is 4.62 Å². The van der Waals surface area contributed by atoms with Crippen LogP contribution in [0.1, 0.15) is 17.1 Å². The second kappa shape index (κ2) is 9.65. The highest BCUT2D eigenvalue weighted by atomic mass is 31.1. The number of para-hydroxylation sites is 1. The Morgan fingerprint density at radius 1 is 0.686 bits per heavy atom. The van der Waals surface area contributed by atoms with Gasteiger partial charge in [-0.3, -0.25) is 0 Å². The lowest BCUT2D eigenvalue weighted by molar-refractivity contribution is 0.274. The van der Waals surface area contributed by atoms with Gasteiger partial charge in [-0.15, -0.1) is 5.10 Å². The fraction of sp³-hybridized carbons (Fsp3) is 0.111. The highest BCUT2D eigenvalue weighted by molar-refractivity contribution is 7.41. The molecule has 35 heavy (non-hydrogen) atoms. The van der Waals surface area contributed by atoms with Crippen molar-refractivity contribution in [3.05, 3.63) is 108 Å². The van der Waals surface area contributed by atoms with Crippen LogP contribution in [0.15, 0.2) is 91.3 Å². The number of fused-ring (bicyclic) bond motifs is 4. The van der Waals surface area contributed by atoms with Crippen molar-refractivity contribution in [2.24, 2.45) is 0 Å². The third-order valence-electron chi connectivity index (χ3n) is 6.06. The molecule has 0 saturated carbocycles. The van der Waals surface area contributed by atoms with E-state index in [-0.39, 0.29) is 8.81 Å². The van der Waals surface area contributed by atoms with E-state index in [2.05, 4.69) is 109 Å². The summed E-state index contributed by atoms with van der Waals surface area (Å²) in [6, 6.07) is 20.3. The van der Waals surface area contributed by atoms with Crippen LogP contribution >= 0.6 is 8.81 Å². The largest absolute Gasteiger partial charge is 0.373 e. The molecule has 3 aliphatic heterocycles. The summed E-state index contributed by atoms with van der Waals surface area (Å²) in [5.41, 5.74) is 6.78. The van der Waals surface area contributed by atoms with Gasteiger partial charge in [0.1, 0.15) is 11.0 Å². The lowest BCUT2D eigenvalue weighted by Crippen LogP contribution is -2.15. The zero-order valence-electron chi connectivity index (χ0n) is 19.1. The molecule has 0 fully saturated rings. The van der Waals surface area contributed by atoms with Gasteiger partial charge in [0.2, 0.25) is 0 Å². The number of allylic oxidation sites excluding steroid dienone is 3. The first-order chi connectivity index (χ1) is 17.3. The van der Waals surface area contributed by atoms with Gasteiger partial charge in [0.15, 0.2) is 8.81 Å². The van der Waals surface area contributed by atoms with Crippen molar-refractivity contribution in [2.75, 3.05) is 0 Å². The molecule has 0 saturated heterocycles. The molecule has 0 amide bonds. The molecule has 8 rings (SSSR count). The molecule has 1 aromatic carbocycles. The van der Waals surface area contributed by atoms with Gasteiger partial charge in [0.25, 0.3) is 0 Å². The van der Waals surface area contributed by atoms with Crippen LogP contribution < -0.4 is 10.1 Å². The molecule has 8 heteroatoms. The first kappa shape index (κ1) is 21.4. The molecule has 0 spiro atoms. The molecule has 1 unspecified atom stereocenters. The van der Waals surface area contributed by atoms with E-state index in [0.29, 0.717) is 0 Å². The topological polar surface area (TPSA) is 54.7 Å². The maximum Gasteiger partial charge on any atom is 0.155 e. The van der Waals surface area contributed by atoms with E-state index >= 15 is 0 Å². The summed E-state index contributed by atoms with van der Waals surface area (Å²) in [5.74, 6) is 0. The summed E-state index contributed by atoms with van der Waals surface area (Å²) in [6.45, 7) is 3.04. The van der Waals surface area contributed by atoms with Crippen LogP contribution in [-0.2, 0) is 19.6 Å². The number of hydrogen-bond acceptors (Lipinski definition) is 3. The highest BCUT2D eigenvalue weighted by Crippen LogP contribution is 2.18. The molecule has 174 valence electrons. The van der Waals surface area contributed by atoms with E-state index in [1.807, 2.05) is 24.3 Å². The molecule has 0 aliphatic carbocycles. The van der Waals surface area contributed by atoms with Gasteiger partial charge in [0.05, 0.1) is 5.44 Å². The lowest BCUT2D eigenvalue weighted by Gasteiger charge is -2.07. The minimum absolute atomic E-state index is 0.212. The third-order valence-corrected chi connectivity index (χ3v) is 6.97. The summed E-state index contributed by atoms with van der Waals surface area (Å²) in [7, 11) is 0.212. The summed E-state index contributed by atoms with van der Waals surface area (Å²) >= 11 is 0. The molecule has 7 nitrogen and oxygen atoms in total. The van der Waals surface area contributed by atoms with Crippen LogP contribution in [0.4, 0.5) is 0 Å². The summed E-state index contributed by atoms with van der Waals surface area (Å²) in [6.07, 6.45) is 17.1. The maximum atomic E-state index is 5.75. The fourth-order valence-corrected chi connectivity index (χ4v) is 5.07. The standard InChI is InChI=1S/C13H11N4OP.2C7H7N/c1-2-6-12-11(5-1)14-15-17(12)18-19-13-8-7-10-4-3-9-16(10)13;2*1-3-7-4-2-6-8(7)5-1/h1-8,19H,9H2;2*1-5H,6H2. The van der Waals surface area contributed by atoms with Crippen LogP contribution in [-0.4, -0.2) is 28.9 Å². The van der Waals surface area contributed by atoms with E-state index in [4.69, 9.17) is 4.62 Å². The Balaban J connectivity index is 0.000000117. The first-order valence-electron chi connectivity index (χ1n) is 11.6. The SMILES string of the molecule is C1=Cc2ccc(POn3nnc4ccccc43)n2C1.C1=Cc2cccn2C1.C1=Cc2cccn2C1. The Labute approximate surface area is 205 Å². The number of nitrogens with zero attached hydrogens (tertiary/aromatic N) is 6. The van der Waals surface area contributed by atoms with E-state index in [1.54, 1.807) is 0 Å². The van der Waals surface area contributed by atoms with E-state index in [0.717, 1.165) is 30.7 Å². The van der Waals surface area contributed by atoms with Crippen molar-refractivity contribution in [1.82, 2.24) is 28.9 Å². The van der Waals surface area contributed by atoms with Crippen molar-refractivity contribution in [2.45, 2.75) is 19.6 Å². The normalized spacial score (nSPS) is 14.1. The van der Waals surface area contributed by atoms with Gasteiger partial charge in [-0.05, 0) is 72.0 Å². The molecule has 0 N–H and O–H groups in total. The van der Waals surface area contributed by atoms with Crippen molar-refractivity contribution in [3.8, 4) is 0 Å². The van der Waals surface area contributed by atoms with Crippen LogP contribution in [0.5, 0.6) is 0 Å². The van der Waals surface area contributed by atoms with Crippen LogP contribution in [0.3, 0.4) is 0 Å². The minimum Gasteiger partial charge on any atom is -0.373 e. The zero-order chi connectivity index (χ0) is 23.5. The van der Waals surface area contributed by atoms with Crippen molar-refractivity contribution >= 4 is 43.5 Å². The molecule has 7 heterocycles. The molecular weight excluding hydrogens is 455 g/mol. The Bertz CT molecular complexity index is 1500. The molecule has 1 atom stereocenters. The molecule has 0 radical (unpaired) electrons. The number of rotatable bonds is 3. The first-order valence-corrected chi connectivity index (χ1v) is 12.5. The van der Waals surface area contributed by atoms with Gasteiger partial charge < -0.3 is 18.3 Å². The van der Waals surface area contributed by atoms with Gasteiger partial charge in [0, 0.05) is 49.1 Å². The summed E-state index contributed by atoms with van der Waals surface area (Å²) in [4.78, 5) is 1.50. The van der Waals surface area contributed by atoms with Crippen LogP contribution in [0.2, 0.25) is 0 Å². The van der Waals surface area contributed by atoms with Gasteiger partial charge in [-0.2, -0.15) is 0 Å². The second-order valence-corrected chi connectivity index (χ2v) is 9.18. The minimum atomic E-state index is 0.212. The van der Waals surface area contributed by atoms with Crippen molar-refractivity contribution in [3.63, 3.8) is 0 Å². The monoisotopic (exact) mass is 480 g/mol. The van der Waals surface area contributed by atoms with Gasteiger partial charge >= 0.3 is 0 Å². The Morgan fingerprint density at radius 2 is 1.37 bits per heavy atom. The number of hydrogen-bond donors (Lipinski definition) is 0. The fourth-order valence-electron chi connectivity index (χ4n) is 4.27. The maximum absolute atomic E-state index is 5.75. The third kappa shape index (κ3) is 4.51. The molecular formula is C27H25N6OP. The molecule has 5 aromatic rings. The average Bonchev–Trinajstić information content (AvgIpc) is 3.69. The summed E-state index contributed by atoms with van der Waals surface area (Å²) in [5, 5.41) is 8.08. The van der Waals surface area contributed by atoms with Crippen LogP contribution in [0, 0.1) is 0 Å². The number of aromatic nitrogens is 6. The second-order valence-electron chi connectivity index (χ2n) is 8.28. The Kier molecular flexibility index (Phi) is 5.91. The predicted octanol–water partition coefficient (Wildman–Crippen LogP) is 4.64. The average molecular weight is 481 g/mol. The van der Waals surface area contributed by atoms with E-state index in [1.165, 1.54) is 27.4 Å². The van der Waals surface area contributed by atoms with E-state index < -0.39 is 0 Å². The van der Waals surface area contributed by atoms with Gasteiger partial charge in [-0.1, -0.05) is 35.2 Å². The van der Waals surface area contributed by atoms with E-state index in [9.17, 15) is 0 Å². The molecule has 0 bridgehead atoms. The molecule has 3 aliphatic rings. The Hall–Kier alpha value is -4.09. The smallest absolute Gasteiger partial charge is 0.155 e.